The molecule has 0 bridgehead atoms. The van der Waals surface area contributed by atoms with Crippen LogP contribution in [-0.4, -0.2) is 50.2 Å². The number of rotatable bonds is 18. The van der Waals surface area contributed by atoms with Gasteiger partial charge >= 0.3 is 5.97 Å². The molecule has 6 nitrogen and oxygen atoms in total. The molecule has 1 aromatic rings. The van der Waals surface area contributed by atoms with E-state index < -0.39 is 12.1 Å². The first-order valence-corrected chi connectivity index (χ1v) is 12.8. The van der Waals surface area contributed by atoms with Crippen molar-refractivity contribution in [2.45, 2.75) is 110 Å². The van der Waals surface area contributed by atoms with Crippen LogP contribution in [0.5, 0.6) is 0 Å². The van der Waals surface area contributed by atoms with E-state index in [1.807, 2.05) is 21.1 Å². The highest BCUT2D eigenvalue weighted by atomic mass is 16.5. The minimum absolute atomic E-state index is 0.260. The van der Waals surface area contributed by atoms with E-state index >= 15 is 0 Å². The van der Waals surface area contributed by atoms with Crippen molar-refractivity contribution in [3.63, 3.8) is 0 Å². The van der Waals surface area contributed by atoms with Crippen LogP contribution in [0, 0.1) is 13.8 Å². The molecule has 0 fully saturated rings. The molecule has 0 saturated carbocycles. The van der Waals surface area contributed by atoms with E-state index in [9.17, 15) is 14.7 Å². The summed E-state index contributed by atoms with van der Waals surface area (Å²) >= 11 is 0. The highest BCUT2D eigenvalue weighted by molar-refractivity contribution is 5.70. The Morgan fingerprint density at radius 1 is 0.879 bits per heavy atom. The normalized spacial score (nSPS) is 12.7. The van der Waals surface area contributed by atoms with Gasteiger partial charge in [-0.15, -0.1) is 0 Å². The van der Waals surface area contributed by atoms with Crippen molar-refractivity contribution in [1.82, 2.24) is 0 Å². The minimum Gasteiger partial charge on any atom is -0.550 e. The third kappa shape index (κ3) is 12.9. The fourth-order valence-electron chi connectivity index (χ4n) is 4.18. The molecular formula is C27H47NO5. The second-order valence-corrected chi connectivity index (χ2v) is 10.4. The molecule has 0 aromatic carbocycles. The molecule has 0 aliphatic heterocycles. The molecule has 1 heterocycles. The maximum atomic E-state index is 12.1. The average Bonchev–Trinajstić information content (AvgIpc) is 2.96. The number of ether oxygens (including phenoxy) is 1. The fourth-order valence-corrected chi connectivity index (χ4v) is 4.18. The number of quaternary nitrogens is 1. The summed E-state index contributed by atoms with van der Waals surface area (Å²) in [6.07, 6.45) is 11.5. The molecule has 0 spiro atoms. The summed E-state index contributed by atoms with van der Waals surface area (Å²) in [5.41, 5.74) is 2.60. The standard InChI is InChI=1S/C27H47NO5/c1-7-8-9-10-13-16-24-21(2)22(3)25(33-24)17-14-11-12-15-18-27(31)32-23(19-26(29)30)20-28(4,5)6/h23H,7-20H2,1-6H3. The number of unbranched alkanes of at least 4 members (excludes halogenated alkanes) is 7. The van der Waals surface area contributed by atoms with Crippen molar-refractivity contribution < 1.29 is 28.3 Å². The highest BCUT2D eigenvalue weighted by Crippen LogP contribution is 2.25. The molecule has 0 saturated heterocycles. The topological polar surface area (TPSA) is 79.6 Å². The Labute approximate surface area is 201 Å². The van der Waals surface area contributed by atoms with Crippen molar-refractivity contribution in [3.8, 4) is 0 Å². The Bertz CT molecular complexity index is 717. The zero-order valence-electron chi connectivity index (χ0n) is 22.0. The SMILES string of the molecule is CCCCCCCc1oc(CCCCCCC(=O)OC(CC(=O)[O-])C[N+](C)(C)C)c(C)c1C. The number of esters is 1. The van der Waals surface area contributed by atoms with Gasteiger partial charge in [0.05, 0.1) is 21.1 Å². The van der Waals surface area contributed by atoms with Crippen LogP contribution in [0.15, 0.2) is 4.42 Å². The molecule has 33 heavy (non-hydrogen) atoms. The van der Waals surface area contributed by atoms with Gasteiger partial charge in [-0.2, -0.15) is 0 Å². The van der Waals surface area contributed by atoms with Crippen LogP contribution in [0.3, 0.4) is 0 Å². The lowest BCUT2D eigenvalue weighted by Gasteiger charge is -2.29. The molecule has 0 aliphatic rings. The van der Waals surface area contributed by atoms with Crippen LogP contribution >= 0.6 is 0 Å². The third-order valence-electron chi connectivity index (χ3n) is 6.13. The van der Waals surface area contributed by atoms with Crippen LogP contribution in [0.1, 0.15) is 100 Å². The summed E-state index contributed by atoms with van der Waals surface area (Å²) in [7, 11) is 5.82. The number of carboxylic acid groups (broad SMARTS) is 1. The lowest BCUT2D eigenvalue weighted by molar-refractivity contribution is -0.873. The van der Waals surface area contributed by atoms with Crippen molar-refractivity contribution in [2.75, 3.05) is 27.7 Å². The number of carbonyl (C=O) groups is 2. The number of aryl methyl sites for hydroxylation is 2. The number of hydrogen-bond acceptors (Lipinski definition) is 5. The van der Waals surface area contributed by atoms with Crippen LogP contribution in [0.2, 0.25) is 0 Å². The largest absolute Gasteiger partial charge is 0.550 e. The predicted octanol–water partition coefficient (Wildman–Crippen LogP) is 4.66. The Hall–Kier alpha value is -1.82. The number of nitrogens with zero attached hydrogens (tertiary/aromatic N) is 1. The summed E-state index contributed by atoms with van der Waals surface area (Å²) in [4.78, 5) is 23.1. The maximum Gasteiger partial charge on any atom is 0.306 e. The van der Waals surface area contributed by atoms with Gasteiger partial charge in [-0.1, -0.05) is 45.4 Å². The maximum absolute atomic E-state index is 12.1. The van der Waals surface area contributed by atoms with Gasteiger partial charge in [0.2, 0.25) is 0 Å². The average molecular weight is 466 g/mol. The van der Waals surface area contributed by atoms with Gasteiger partial charge in [-0.25, -0.2) is 0 Å². The number of carbonyl (C=O) groups excluding carboxylic acids is 2. The Morgan fingerprint density at radius 2 is 1.39 bits per heavy atom. The first kappa shape index (κ1) is 29.2. The van der Waals surface area contributed by atoms with E-state index in [1.165, 1.54) is 43.2 Å². The quantitative estimate of drug-likeness (QED) is 0.179. The molecule has 190 valence electrons. The molecule has 1 atom stereocenters. The van der Waals surface area contributed by atoms with E-state index in [4.69, 9.17) is 9.15 Å². The van der Waals surface area contributed by atoms with Gasteiger partial charge in [0.15, 0.2) is 6.10 Å². The van der Waals surface area contributed by atoms with Gasteiger partial charge in [-0.05, 0) is 44.2 Å². The number of aliphatic carboxylic acids is 1. The molecule has 1 unspecified atom stereocenters. The van der Waals surface area contributed by atoms with E-state index in [2.05, 4.69) is 20.8 Å². The van der Waals surface area contributed by atoms with E-state index in [-0.39, 0.29) is 12.4 Å². The number of carboxylic acids is 1. The summed E-state index contributed by atoms with van der Waals surface area (Å²) < 4.78 is 12.1. The van der Waals surface area contributed by atoms with E-state index in [1.54, 1.807) is 0 Å². The zero-order valence-corrected chi connectivity index (χ0v) is 22.0. The number of hydrogen-bond donors (Lipinski definition) is 0. The van der Waals surface area contributed by atoms with Crippen molar-refractivity contribution in [2.24, 2.45) is 0 Å². The fraction of sp³-hybridized carbons (Fsp3) is 0.778. The van der Waals surface area contributed by atoms with Gasteiger partial charge < -0.3 is 23.5 Å². The van der Waals surface area contributed by atoms with E-state index in [0.717, 1.165) is 50.0 Å². The molecule has 0 radical (unpaired) electrons. The monoisotopic (exact) mass is 465 g/mol. The predicted molar refractivity (Wildman–Crippen MR) is 130 cm³/mol. The summed E-state index contributed by atoms with van der Waals surface area (Å²) in [5, 5.41) is 10.9. The van der Waals surface area contributed by atoms with Crippen LogP contribution in [0.25, 0.3) is 0 Å². The number of likely N-dealkylation sites (N-methyl/N-ethyl adjacent to an activating group) is 1. The van der Waals surface area contributed by atoms with Gasteiger partial charge in [0.25, 0.3) is 0 Å². The lowest BCUT2D eigenvalue weighted by atomic mass is 10.0. The van der Waals surface area contributed by atoms with Crippen molar-refractivity contribution in [3.05, 3.63) is 22.6 Å². The first-order chi connectivity index (χ1) is 15.5. The molecular weight excluding hydrogens is 418 g/mol. The summed E-state index contributed by atoms with van der Waals surface area (Å²) in [5.74, 6) is 0.753. The van der Waals surface area contributed by atoms with Crippen LogP contribution in [0.4, 0.5) is 0 Å². The Kier molecular flexibility index (Phi) is 13.4. The summed E-state index contributed by atoms with van der Waals surface area (Å²) in [6.45, 7) is 7.01. The first-order valence-electron chi connectivity index (χ1n) is 12.8. The van der Waals surface area contributed by atoms with Crippen LogP contribution < -0.4 is 5.11 Å². The molecule has 6 heteroatoms. The van der Waals surface area contributed by atoms with E-state index in [0.29, 0.717) is 17.4 Å². The van der Waals surface area contributed by atoms with Gasteiger partial charge in [-0.3, -0.25) is 4.79 Å². The van der Waals surface area contributed by atoms with Gasteiger partial charge in [0, 0.05) is 31.7 Å². The van der Waals surface area contributed by atoms with Gasteiger partial charge in [0.1, 0.15) is 18.1 Å². The zero-order chi connectivity index (χ0) is 24.9. The van der Waals surface area contributed by atoms with Crippen molar-refractivity contribution in [1.29, 1.82) is 0 Å². The Morgan fingerprint density at radius 3 is 1.88 bits per heavy atom. The molecule has 1 rings (SSSR count). The minimum atomic E-state index is -1.19. The van der Waals surface area contributed by atoms with Crippen molar-refractivity contribution >= 4 is 11.9 Å². The molecule has 1 aromatic heterocycles. The third-order valence-corrected chi connectivity index (χ3v) is 6.13. The molecule has 0 aliphatic carbocycles. The smallest absolute Gasteiger partial charge is 0.306 e. The lowest BCUT2D eigenvalue weighted by Crippen LogP contribution is -2.45. The number of furan rings is 1. The molecule has 0 amide bonds. The second kappa shape index (κ2) is 15.2. The van der Waals surface area contributed by atoms with Crippen LogP contribution in [-0.2, 0) is 27.2 Å². The highest BCUT2D eigenvalue weighted by Gasteiger charge is 2.22. The Balaban J connectivity index is 2.30. The second-order valence-electron chi connectivity index (χ2n) is 10.4. The summed E-state index contributed by atoms with van der Waals surface area (Å²) in [6, 6.07) is 0. The molecule has 0 N–H and O–H groups in total.